The van der Waals surface area contributed by atoms with Crippen molar-refractivity contribution < 1.29 is 9.90 Å². The summed E-state index contributed by atoms with van der Waals surface area (Å²) in [6, 6.07) is 14.7. The first-order valence-electron chi connectivity index (χ1n) is 7.02. The van der Waals surface area contributed by atoms with Gasteiger partial charge in [-0.25, -0.2) is 0 Å². The van der Waals surface area contributed by atoms with Crippen LogP contribution >= 0.6 is 0 Å². The SMILES string of the molecule is CC(C(=O)O)C(C)c1cccc2c1Cc1ccccc1-2. The molecule has 2 atom stereocenters. The zero-order valence-electron chi connectivity index (χ0n) is 11.8. The number of carboxylic acid groups (broad SMARTS) is 1. The number of benzene rings is 2. The first-order valence-corrected chi connectivity index (χ1v) is 7.02. The number of aliphatic carboxylic acids is 1. The zero-order valence-corrected chi connectivity index (χ0v) is 11.8. The number of carbonyl (C=O) groups is 1. The molecule has 1 N–H and O–H groups in total. The topological polar surface area (TPSA) is 37.3 Å². The highest BCUT2D eigenvalue weighted by atomic mass is 16.4. The van der Waals surface area contributed by atoms with E-state index >= 15 is 0 Å². The molecule has 0 aromatic heterocycles. The molecule has 2 unspecified atom stereocenters. The second-order valence-electron chi connectivity index (χ2n) is 5.62. The third-order valence-electron chi connectivity index (χ3n) is 4.52. The molecule has 0 fully saturated rings. The van der Waals surface area contributed by atoms with Crippen LogP contribution in [0.1, 0.15) is 36.5 Å². The molecule has 3 rings (SSSR count). The van der Waals surface area contributed by atoms with Crippen LogP contribution in [-0.2, 0) is 11.2 Å². The molecule has 0 amide bonds. The fourth-order valence-corrected chi connectivity index (χ4v) is 3.09. The van der Waals surface area contributed by atoms with Gasteiger partial charge in [0.15, 0.2) is 0 Å². The van der Waals surface area contributed by atoms with E-state index in [1.165, 1.54) is 27.8 Å². The van der Waals surface area contributed by atoms with Gasteiger partial charge in [0.05, 0.1) is 5.92 Å². The Morgan fingerprint density at radius 2 is 1.75 bits per heavy atom. The Balaban J connectivity index is 2.07. The van der Waals surface area contributed by atoms with Crippen LogP contribution in [0.25, 0.3) is 11.1 Å². The van der Waals surface area contributed by atoms with Gasteiger partial charge in [-0.3, -0.25) is 4.79 Å². The second kappa shape index (κ2) is 4.78. The van der Waals surface area contributed by atoms with Crippen LogP contribution in [-0.4, -0.2) is 11.1 Å². The first-order chi connectivity index (χ1) is 9.59. The molecule has 2 aromatic rings. The van der Waals surface area contributed by atoms with Crippen molar-refractivity contribution in [1.29, 1.82) is 0 Å². The smallest absolute Gasteiger partial charge is 0.306 e. The molecule has 20 heavy (non-hydrogen) atoms. The normalized spacial score (nSPS) is 15.3. The van der Waals surface area contributed by atoms with Crippen molar-refractivity contribution in [3.05, 3.63) is 59.2 Å². The van der Waals surface area contributed by atoms with E-state index in [4.69, 9.17) is 0 Å². The zero-order chi connectivity index (χ0) is 14.3. The molecular weight excluding hydrogens is 248 g/mol. The summed E-state index contributed by atoms with van der Waals surface area (Å²) in [5.74, 6) is -1.08. The van der Waals surface area contributed by atoms with E-state index in [1.807, 2.05) is 13.0 Å². The van der Waals surface area contributed by atoms with Crippen molar-refractivity contribution in [3.8, 4) is 11.1 Å². The summed E-state index contributed by atoms with van der Waals surface area (Å²) >= 11 is 0. The van der Waals surface area contributed by atoms with E-state index < -0.39 is 5.97 Å². The number of carboxylic acids is 1. The highest BCUT2D eigenvalue weighted by molar-refractivity contribution is 5.78. The molecule has 0 radical (unpaired) electrons. The summed E-state index contributed by atoms with van der Waals surface area (Å²) < 4.78 is 0. The summed E-state index contributed by atoms with van der Waals surface area (Å²) in [4.78, 5) is 11.2. The molecule has 1 aliphatic carbocycles. The molecule has 0 saturated heterocycles. The molecule has 1 aliphatic rings. The molecule has 2 aromatic carbocycles. The van der Waals surface area contributed by atoms with Crippen LogP contribution < -0.4 is 0 Å². The van der Waals surface area contributed by atoms with Crippen LogP contribution in [0, 0.1) is 5.92 Å². The van der Waals surface area contributed by atoms with Crippen LogP contribution in [0.2, 0.25) is 0 Å². The maximum atomic E-state index is 11.2. The van der Waals surface area contributed by atoms with Crippen LogP contribution in [0.3, 0.4) is 0 Å². The van der Waals surface area contributed by atoms with Gasteiger partial charge < -0.3 is 5.11 Å². The van der Waals surface area contributed by atoms with Gasteiger partial charge >= 0.3 is 5.97 Å². The number of hydrogen-bond acceptors (Lipinski definition) is 1. The number of hydrogen-bond donors (Lipinski definition) is 1. The van der Waals surface area contributed by atoms with Crippen molar-refractivity contribution in [3.63, 3.8) is 0 Å². The average molecular weight is 266 g/mol. The quantitative estimate of drug-likeness (QED) is 0.775. The van der Waals surface area contributed by atoms with E-state index in [-0.39, 0.29) is 11.8 Å². The van der Waals surface area contributed by atoms with Gasteiger partial charge in [-0.1, -0.05) is 56.3 Å². The van der Waals surface area contributed by atoms with Gasteiger partial charge in [0.25, 0.3) is 0 Å². The van der Waals surface area contributed by atoms with Gasteiger partial charge in [0.1, 0.15) is 0 Å². The van der Waals surface area contributed by atoms with Crippen molar-refractivity contribution >= 4 is 5.97 Å². The minimum Gasteiger partial charge on any atom is -0.481 e. The summed E-state index contributed by atoms with van der Waals surface area (Å²) in [6.07, 6.45) is 0.915. The lowest BCUT2D eigenvalue weighted by molar-refractivity contribution is -0.141. The van der Waals surface area contributed by atoms with Crippen LogP contribution in [0.5, 0.6) is 0 Å². The highest BCUT2D eigenvalue weighted by Crippen LogP contribution is 2.41. The predicted octanol–water partition coefficient (Wildman–Crippen LogP) is 4.08. The maximum absolute atomic E-state index is 11.2. The maximum Gasteiger partial charge on any atom is 0.306 e. The number of rotatable bonds is 3. The molecule has 0 spiro atoms. The van der Waals surface area contributed by atoms with Gasteiger partial charge in [-0.2, -0.15) is 0 Å². The Kier molecular flexibility index (Phi) is 3.09. The molecule has 102 valence electrons. The monoisotopic (exact) mass is 266 g/mol. The molecule has 0 bridgehead atoms. The Hall–Kier alpha value is -2.09. The number of fused-ring (bicyclic) bond motifs is 3. The standard InChI is InChI=1S/C18H18O2/c1-11(12(2)18(19)20)14-8-5-9-16-15-7-4-3-6-13(15)10-17(14)16/h3-9,11-12H,10H2,1-2H3,(H,19,20). The van der Waals surface area contributed by atoms with Crippen molar-refractivity contribution in [2.24, 2.45) is 5.92 Å². The molecule has 2 heteroatoms. The second-order valence-corrected chi connectivity index (χ2v) is 5.62. The molecular formula is C18H18O2. The van der Waals surface area contributed by atoms with Gasteiger partial charge in [-0.05, 0) is 40.2 Å². The fraction of sp³-hybridized carbons (Fsp3) is 0.278. The summed E-state index contributed by atoms with van der Waals surface area (Å²) in [5.41, 5.74) is 6.37. The van der Waals surface area contributed by atoms with E-state index in [0.29, 0.717) is 0 Å². The third-order valence-corrected chi connectivity index (χ3v) is 4.52. The minimum absolute atomic E-state index is 0.0248. The van der Waals surface area contributed by atoms with Crippen LogP contribution in [0.15, 0.2) is 42.5 Å². The van der Waals surface area contributed by atoms with Gasteiger partial charge in [0.2, 0.25) is 0 Å². The highest BCUT2D eigenvalue weighted by Gasteiger charge is 2.27. The van der Waals surface area contributed by atoms with Crippen molar-refractivity contribution in [2.45, 2.75) is 26.2 Å². The fourth-order valence-electron chi connectivity index (χ4n) is 3.09. The lowest BCUT2D eigenvalue weighted by atomic mass is 9.84. The summed E-state index contributed by atoms with van der Waals surface area (Å²) in [7, 11) is 0. The Labute approximate surface area is 119 Å². The predicted molar refractivity (Wildman–Crippen MR) is 79.9 cm³/mol. The Bertz CT molecular complexity index is 673. The minimum atomic E-state index is -0.731. The molecule has 2 nitrogen and oxygen atoms in total. The van der Waals surface area contributed by atoms with E-state index in [0.717, 1.165) is 6.42 Å². The third kappa shape index (κ3) is 1.92. The molecule has 0 saturated carbocycles. The average Bonchev–Trinajstić information content (AvgIpc) is 2.84. The Morgan fingerprint density at radius 3 is 2.50 bits per heavy atom. The van der Waals surface area contributed by atoms with Crippen LogP contribution in [0.4, 0.5) is 0 Å². The lowest BCUT2D eigenvalue weighted by Gasteiger charge is -2.19. The van der Waals surface area contributed by atoms with Crippen molar-refractivity contribution in [1.82, 2.24) is 0 Å². The van der Waals surface area contributed by atoms with E-state index in [1.54, 1.807) is 6.92 Å². The first kappa shape index (κ1) is 12.9. The largest absolute Gasteiger partial charge is 0.481 e. The summed E-state index contributed by atoms with van der Waals surface area (Å²) in [5, 5.41) is 9.24. The Morgan fingerprint density at radius 1 is 1.05 bits per heavy atom. The molecule has 0 aliphatic heterocycles. The van der Waals surface area contributed by atoms with E-state index in [2.05, 4.69) is 36.4 Å². The van der Waals surface area contributed by atoms with Gasteiger partial charge in [0, 0.05) is 0 Å². The van der Waals surface area contributed by atoms with Gasteiger partial charge in [-0.15, -0.1) is 0 Å². The molecule has 0 heterocycles. The summed E-state index contributed by atoms with van der Waals surface area (Å²) in [6.45, 7) is 3.80. The lowest BCUT2D eigenvalue weighted by Crippen LogP contribution is -2.17. The van der Waals surface area contributed by atoms with E-state index in [9.17, 15) is 9.90 Å². The van der Waals surface area contributed by atoms with Crippen molar-refractivity contribution in [2.75, 3.05) is 0 Å².